The number of hydrogen-bond donors (Lipinski definition) is 0. The minimum atomic E-state index is -0.182. The Morgan fingerprint density at radius 2 is 1.85 bits per heavy atom. The van der Waals surface area contributed by atoms with E-state index in [2.05, 4.69) is 15.3 Å². The summed E-state index contributed by atoms with van der Waals surface area (Å²) >= 11 is 13.2. The van der Waals surface area contributed by atoms with Gasteiger partial charge in [0.25, 0.3) is 0 Å². The van der Waals surface area contributed by atoms with Crippen molar-refractivity contribution in [3.05, 3.63) is 70.0 Å². The first kappa shape index (κ1) is 18.0. The Morgan fingerprint density at radius 1 is 1.04 bits per heavy atom. The normalized spacial score (nSPS) is 14.4. The molecule has 1 amide bonds. The molecule has 3 aromatic rings. The molecule has 0 N–H and O–H groups in total. The average molecular weight is 419 g/mol. The molecule has 0 saturated carbocycles. The van der Waals surface area contributed by atoms with Crippen molar-refractivity contribution in [3.63, 3.8) is 0 Å². The molecular weight excluding hydrogens is 407 g/mol. The van der Waals surface area contributed by atoms with Crippen LogP contribution in [0.5, 0.6) is 0 Å². The summed E-state index contributed by atoms with van der Waals surface area (Å²) in [5, 5.41) is 14.5. The number of thioether (sulfide) groups is 1. The van der Waals surface area contributed by atoms with E-state index in [0.717, 1.165) is 28.6 Å². The van der Waals surface area contributed by atoms with Gasteiger partial charge in [-0.1, -0.05) is 59.2 Å². The van der Waals surface area contributed by atoms with E-state index in [1.54, 1.807) is 12.1 Å². The summed E-state index contributed by atoms with van der Waals surface area (Å²) in [4.78, 5) is 12.2. The SMILES string of the molecule is O=C1SCC(c2ccc(Cl)c(Cl)c2)=NN1Cc1nnc(-c2ccccc2)o1. The summed E-state index contributed by atoms with van der Waals surface area (Å²) in [6, 6.07) is 14.7. The molecule has 4 rings (SSSR count). The van der Waals surface area contributed by atoms with Crippen molar-refractivity contribution >= 4 is 45.9 Å². The third-order valence-corrected chi connectivity index (χ3v) is 5.42. The van der Waals surface area contributed by atoms with Gasteiger partial charge in [0.15, 0.2) is 0 Å². The molecule has 0 saturated heterocycles. The predicted molar refractivity (Wildman–Crippen MR) is 106 cm³/mol. The van der Waals surface area contributed by atoms with Crippen molar-refractivity contribution in [1.82, 2.24) is 15.2 Å². The van der Waals surface area contributed by atoms with E-state index in [1.807, 2.05) is 36.4 Å². The van der Waals surface area contributed by atoms with Gasteiger partial charge in [0, 0.05) is 16.9 Å². The van der Waals surface area contributed by atoms with Gasteiger partial charge in [-0.3, -0.25) is 4.79 Å². The van der Waals surface area contributed by atoms with Crippen LogP contribution in [0.1, 0.15) is 11.5 Å². The molecule has 1 aliphatic heterocycles. The van der Waals surface area contributed by atoms with E-state index < -0.39 is 0 Å². The van der Waals surface area contributed by atoms with Gasteiger partial charge in [0.05, 0.1) is 15.8 Å². The van der Waals surface area contributed by atoms with E-state index in [0.29, 0.717) is 27.6 Å². The zero-order valence-corrected chi connectivity index (χ0v) is 16.1. The quantitative estimate of drug-likeness (QED) is 0.587. The Balaban J connectivity index is 1.56. The van der Waals surface area contributed by atoms with Crippen LogP contribution in [0.2, 0.25) is 10.0 Å². The number of hydrogen-bond acceptors (Lipinski definition) is 6. The lowest BCUT2D eigenvalue weighted by Crippen LogP contribution is -2.29. The molecule has 136 valence electrons. The number of rotatable bonds is 4. The molecule has 27 heavy (non-hydrogen) atoms. The molecule has 1 aliphatic rings. The van der Waals surface area contributed by atoms with Crippen LogP contribution in [0.3, 0.4) is 0 Å². The third kappa shape index (κ3) is 4.00. The first-order valence-electron chi connectivity index (χ1n) is 7.95. The van der Waals surface area contributed by atoms with E-state index >= 15 is 0 Å². The minimum absolute atomic E-state index is 0.0937. The second-order valence-corrected chi connectivity index (χ2v) is 7.40. The Hall–Kier alpha value is -2.35. The van der Waals surface area contributed by atoms with Crippen molar-refractivity contribution in [3.8, 4) is 11.5 Å². The zero-order valence-electron chi connectivity index (χ0n) is 13.8. The molecule has 0 aliphatic carbocycles. The van der Waals surface area contributed by atoms with Gasteiger partial charge >= 0.3 is 5.24 Å². The van der Waals surface area contributed by atoms with E-state index in [-0.39, 0.29) is 11.8 Å². The van der Waals surface area contributed by atoms with E-state index in [4.69, 9.17) is 27.6 Å². The molecule has 0 bridgehead atoms. The smallest absolute Gasteiger partial charge is 0.302 e. The number of carbonyl (C=O) groups excluding carboxylic acids is 1. The van der Waals surface area contributed by atoms with Crippen molar-refractivity contribution in [2.45, 2.75) is 6.54 Å². The van der Waals surface area contributed by atoms with Gasteiger partial charge in [-0.15, -0.1) is 10.2 Å². The van der Waals surface area contributed by atoms with Gasteiger partial charge in [0.1, 0.15) is 6.54 Å². The zero-order chi connectivity index (χ0) is 18.8. The maximum Gasteiger partial charge on any atom is 0.302 e. The highest BCUT2D eigenvalue weighted by Crippen LogP contribution is 2.27. The fourth-order valence-corrected chi connectivity index (χ4v) is 3.52. The van der Waals surface area contributed by atoms with Crippen LogP contribution in [0.4, 0.5) is 4.79 Å². The predicted octanol–water partition coefficient (Wildman–Crippen LogP) is 5.12. The number of halogens is 2. The van der Waals surface area contributed by atoms with Crippen molar-refractivity contribution < 1.29 is 9.21 Å². The Labute approximate surface area is 169 Å². The molecule has 1 aromatic heterocycles. The van der Waals surface area contributed by atoms with Crippen molar-refractivity contribution in [2.24, 2.45) is 5.10 Å². The standard InChI is InChI=1S/C18H12Cl2N4O2S/c19-13-7-6-12(8-14(13)20)15-10-27-18(25)24(23-15)9-16-21-22-17(26-16)11-4-2-1-3-5-11/h1-8H,9-10H2. The van der Waals surface area contributed by atoms with Gasteiger partial charge in [0.2, 0.25) is 11.8 Å². The highest BCUT2D eigenvalue weighted by Gasteiger charge is 2.24. The fourth-order valence-electron chi connectivity index (χ4n) is 2.48. The molecule has 0 atom stereocenters. The van der Waals surface area contributed by atoms with Crippen LogP contribution in [-0.2, 0) is 6.54 Å². The number of amides is 1. The molecule has 2 aromatic carbocycles. The molecule has 9 heteroatoms. The van der Waals surface area contributed by atoms with Crippen LogP contribution >= 0.6 is 35.0 Å². The molecule has 6 nitrogen and oxygen atoms in total. The van der Waals surface area contributed by atoms with Crippen LogP contribution in [0, 0.1) is 0 Å². The highest BCUT2D eigenvalue weighted by molar-refractivity contribution is 8.14. The molecule has 0 radical (unpaired) electrons. The number of aromatic nitrogens is 2. The second-order valence-electron chi connectivity index (χ2n) is 5.65. The summed E-state index contributed by atoms with van der Waals surface area (Å²) in [7, 11) is 0. The molecule has 0 fully saturated rings. The van der Waals surface area contributed by atoms with Gasteiger partial charge in [-0.25, -0.2) is 5.01 Å². The number of nitrogens with zero attached hydrogens (tertiary/aromatic N) is 4. The van der Waals surface area contributed by atoms with Crippen LogP contribution in [-0.4, -0.2) is 31.9 Å². The lowest BCUT2D eigenvalue weighted by atomic mass is 10.1. The maximum atomic E-state index is 12.2. The fraction of sp³-hybridized carbons (Fsp3) is 0.111. The Bertz CT molecular complexity index is 1020. The summed E-state index contributed by atoms with van der Waals surface area (Å²) < 4.78 is 5.66. The van der Waals surface area contributed by atoms with Crippen LogP contribution in [0.15, 0.2) is 58.0 Å². The van der Waals surface area contributed by atoms with E-state index in [1.165, 1.54) is 5.01 Å². The lowest BCUT2D eigenvalue weighted by Gasteiger charge is -2.21. The van der Waals surface area contributed by atoms with E-state index in [9.17, 15) is 4.79 Å². The summed E-state index contributed by atoms with van der Waals surface area (Å²) in [6.45, 7) is 0.0937. The number of benzene rings is 2. The molecule has 0 unspecified atom stereocenters. The lowest BCUT2D eigenvalue weighted by molar-refractivity contribution is 0.216. The topological polar surface area (TPSA) is 71.6 Å². The molecule has 0 spiro atoms. The van der Waals surface area contributed by atoms with Crippen molar-refractivity contribution in [2.75, 3.05) is 5.75 Å². The van der Waals surface area contributed by atoms with Gasteiger partial charge in [-0.05, 0) is 24.3 Å². The van der Waals surface area contributed by atoms with Gasteiger partial charge in [-0.2, -0.15) is 5.10 Å². The first-order valence-corrected chi connectivity index (χ1v) is 9.69. The number of carbonyl (C=O) groups is 1. The van der Waals surface area contributed by atoms with Crippen molar-refractivity contribution in [1.29, 1.82) is 0 Å². The Morgan fingerprint density at radius 3 is 2.63 bits per heavy atom. The molecule has 2 heterocycles. The maximum absolute atomic E-state index is 12.2. The van der Waals surface area contributed by atoms with Crippen LogP contribution < -0.4 is 0 Å². The number of hydrazone groups is 1. The minimum Gasteiger partial charge on any atom is -0.419 e. The highest BCUT2D eigenvalue weighted by atomic mass is 35.5. The Kier molecular flexibility index (Phi) is 5.15. The first-order chi connectivity index (χ1) is 13.1. The third-order valence-electron chi connectivity index (χ3n) is 3.81. The molecular formula is C18H12Cl2N4O2S. The largest absolute Gasteiger partial charge is 0.419 e. The monoisotopic (exact) mass is 418 g/mol. The summed E-state index contributed by atoms with van der Waals surface area (Å²) in [5.74, 6) is 1.16. The second kappa shape index (κ2) is 7.72. The summed E-state index contributed by atoms with van der Waals surface area (Å²) in [5.41, 5.74) is 2.35. The summed E-state index contributed by atoms with van der Waals surface area (Å²) in [6.07, 6.45) is 0. The average Bonchev–Trinajstić information content (AvgIpc) is 3.15. The van der Waals surface area contributed by atoms with Crippen LogP contribution in [0.25, 0.3) is 11.5 Å². The van der Waals surface area contributed by atoms with Gasteiger partial charge < -0.3 is 4.42 Å².